The Morgan fingerprint density at radius 2 is 2.14 bits per heavy atom. The van der Waals surface area contributed by atoms with E-state index < -0.39 is 0 Å². The number of hydrogen-bond acceptors (Lipinski definition) is 9. The first-order chi connectivity index (χ1) is 10.4. The van der Waals surface area contributed by atoms with Crippen LogP contribution >= 0.6 is 0 Å². The van der Waals surface area contributed by atoms with Crippen LogP contribution in [0.3, 0.4) is 0 Å². The van der Waals surface area contributed by atoms with E-state index in [1.165, 1.54) is 24.9 Å². The van der Waals surface area contributed by atoms with Crippen LogP contribution in [-0.2, 0) is 19.5 Å². The molecule has 3 heterocycles. The molecule has 0 amide bonds. The van der Waals surface area contributed by atoms with E-state index in [9.17, 15) is 0 Å². The van der Waals surface area contributed by atoms with Gasteiger partial charge in [0.25, 0.3) is 0 Å². The second-order valence-corrected chi connectivity index (χ2v) is 4.74. The maximum absolute atomic E-state index is 4.72. The van der Waals surface area contributed by atoms with Gasteiger partial charge in [-0.1, -0.05) is 10.4 Å². The molecule has 3 aromatic heterocycles. The van der Waals surface area contributed by atoms with Crippen molar-refractivity contribution in [3.63, 3.8) is 0 Å². The normalized spacial score (nSPS) is 14.1. The lowest BCUT2D eigenvalue weighted by Crippen LogP contribution is -2.15. The molecule has 0 radical (unpaired) electrons. The molecular weight excluding hydrogens is 276 g/mol. The number of hydrogen-bond donors (Lipinski definition) is 1. The summed E-state index contributed by atoms with van der Waals surface area (Å²) in [6.45, 7) is 0.432. The quantitative estimate of drug-likeness (QED) is 0.737. The van der Waals surface area contributed by atoms with Crippen molar-refractivity contribution in [2.75, 3.05) is 5.32 Å². The highest BCUT2D eigenvalue weighted by molar-refractivity contribution is 5.63. The lowest BCUT2D eigenvalue weighted by molar-refractivity contribution is 0.309. The average Bonchev–Trinajstić information content (AvgIpc) is 3.25. The summed E-state index contributed by atoms with van der Waals surface area (Å²) >= 11 is 0. The minimum absolute atomic E-state index is 0.319. The standard InChI is InChI=1S/C11H12N8O2/c1-2-4-8-7(3-1)14-18-19(8)5-12-10-9(15-21-17-10)11-13-6-20-16-11/h6H,1-5H2,(H,12,17). The lowest BCUT2D eigenvalue weighted by Gasteiger charge is -2.12. The smallest absolute Gasteiger partial charge is 0.228 e. The van der Waals surface area contributed by atoms with E-state index >= 15 is 0 Å². The van der Waals surface area contributed by atoms with E-state index in [0.29, 0.717) is 24.0 Å². The molecule has 10 heteroatoms. The van der Waals surface area contributed by atoms with Gasteiger partial charge in [0.15, 0.2) is 5.69 Å². The molecule has 10 nitrogen and oxygen atoms in total. The molecule has 0 unspecified atom stereocenters. The molecule has 0 atom stereocenters. The fourth-order valence-electron chi connectivity index (χ4n) is 2.42. The molecule has 0 bridgehead atoms. The molecule has 4 rings (SSSR count). The number of rotatable bonds is 4. The van der Waals surface area contributed by atoms with Crippen LogP contribution in [0.15, 0.2) is 15.5 Å². The molecule has 1 N–H and O–H groups in total. The van der Waals surface area contributed by atoms with Crippen molar-refractivity contribution < 1.29 is 9.15 Å². The fraction of sp³-hybridized carbons (Fsp3) is 0.455. The van der Waals surface area contributed by atoms with Gasteiger partial charge in [0.1, 0.15) is 6.67 Å². The van der Waals surface area contributed by atoms with Crippen LogP contribution in [0.25, 0.3) is 11.5 Å². The van der Waals surface area contributed by atoms with Crippen molar-refractivity contribution in [1.29, 1.82) is 0 Å². The SMILES string of the molecule is c1nc(-c2nonc2NCn2nnc3c2CCCC3)no1. The lowest BCUT2D eigenvalue weighted by atomic mass is 10.0. The molecule has 0 fully saturated rings. The molecule has 0 saturated heterocycles. The van der Waals surface area contributed by atoms with Crippen molar-refractivity contribution in [2.45, 2.75) is 32.4 Å². The first kappa shape index (κ1) is 12.0. The van der Waals surface area contributed by atoms with Gasteiger partial charge >= 0.3 is 0 Å². The molecule has 108 valence electrons. The Bertz CT molecular complexity index is 731. The van der Waals surface area contributed by atoms with Crippen LogP contribution in [0.5, 0.6) is 0 Å². The monoisotopic (exact) mass is 288 g/mol. The third-order valence-electron chi connectivity index (χ3n) is 3.45. The second-order valence-electron chi connectivity index (χ2n) is 4.74. The summed E-state index contributed by atoms with van der Waals surface area (Å²) in [5, 5.41) is 22.8. The summed E-state index contributed by atoms with van der Waals surface area (Å²) in [5.41, 5.74) is 2.66. The Labute approximate surface area is 118 Å². The molecule has 0 spiro atoms. The first-order valence-electron chi connectivity index (χ1n) is 6.66. The molecule has 21 heavy (non-hydrogen) atoms. The zero-order valence-electron chi connectivity index (χ0n) is 11.1. The van der Waals surface area contributed by atoms with E-state index in [1.54, 1.807) is 0 Å². The summed E-state index contributed by atoms with van der Waals surface area (Å²) in [6, 6.07) is 0. The molecule has 0 aromatic carbocycles. The number of anilines is 1. The minimum atomic E-state index is 0.319. The first-order valence-corrected chi connectivity index (χ1v) is 6.66. The van der Waals surface area contributed by atoms with E-state index in [-0.39, 0.29) is 0 Å². The van der Waals surface area contributed by atoms with Crippen LogP contribution in [-0.4, -0.2) is 35.4 Å². The average molecular weight is 288 g/mol. The number of aromatic nitrogens is 7. The molecule has 0 aliphatic heterocycles. The van der Waals surface area contributed by atoms with Crippen LogP contribution in [0, 0.1) is 0 Å². The van der Waals surface area contributed by atoms with Gasteiger partial charge in [-0.15, -0.1) is 5.10 Å². The van der Waals surface area contributed by atoms with Crippen molar-refractivity contribution in [3.8, 4) is 11.5 Å². The van der Waals surface area contributed by atoms with Crippen molar-refractivity contribution >= 4 is 5.82 Å². The van der Waals surface area contributed by atoms with Gasteiger partial charge in [0, 0.05) is 0 Å². The van der Waals surface area contributed by atoms with E-state index in [2.05, 4.69) is 36.1 Å². The van der Waals surface area contributed by atoms with Gasteiger partial charge in [0.05, 0.1) is 11.4 Å². The van der Waals surface area contributed by atoms with Crippen molar-refractivity contribution in [2.24, 2.45) is 0 Å². The summed E-state index contributed by atoms with van der Waals surface area (Å²) in [5.74, 6) is 0.760. The van der Waals surface area contributed by atoms with Crippen molar-refractivity contribution in [1.82, 2.24) is 35.4 Å². The fourth-order valence-corrected chi connectivity index (χ4v) is 2.42. The highest BCUT2D eigenvalue weighted by Crippen LogP contribution is 2.22. The Hall–Kier alpha value is -2.78. The second kappa shape index (κ2) is 4.96. The summed E-state index contributed by atoms with van der Waals surface area (Å²) < 4.78 is 11.3. The predicted octanol–water partition coefficient (Wildman–Crippen LogP) is 0.659. The third-order valence-corrected chi connectivity index (χ3v) is 3.45. The molecular formula is C11H12N8O2. The number of aryl methyl sites for hydroxylation is 1. The summed E-state index contributed by atoms with van der Waals surface area (Å²) in [7, 11) is 0. The Morgan fingerprint density at radius 1 is 1.19 bits per heavy atom. The van der Waals surface area contributed by atoms with Gasteiger partial charge < -0.3 is 9.84 Å². The van der Waals surface area contributed by atoms with Gasteiger partial charge in [-0.2, -0.15) is 4.98 Å². The topological polar surface area (TPSA) is 121 Å². The molecule has 1 aliphatic rings. The van der Waals surface area contributed by atoms with Crippen LogP contribution in [0.4, 0.5) is 5.82 Å². The highest BCUT2D eigenvalue weighted by atomic mass is 16.6. The summed E-state index contributed by atoms with van der Waals surface area (Å²) in [4.78, 5) is 3.92. The Kier molecular flexibility index (Phi) is 2.83. The zero-order chi connectivity index (χ0) is 14.1. The maximum Gasteiger partial charge on any atom is 0.228 e. The van der Waals surface area contributed by atoms with Crippen LogP contribution < -0.4 is 5.32 Å². The Balaban J connectivity index is 1.53. The highest BCUT2D eigenvalue weighted by Gasteiger charge is 2.19. The maximum atomic E-state index is 4.72. The zero-order valence-corrected chi connectivity index (χ0v) is 11.1. The van der Waals surface area contributed by atoms with E-state index in [1.807, 2.05) is 4.68 Å². The molecule has 0 saturated carbocycles. The number of nitrogens with zero attached hydrogens (tertiary/aromatic N) is 7. The molecule has 1 aliphatic carbocycles. The third kappa shape index (κ3) is 2.14. The number of fused-ring (bicyclic) bond motifs is 1. The van der Waals surface area contributed by atoms with Gasteiger partial charge in [-0.25, -0.2) is 9.31 Å². The van der Waals surface area contributed by atoms with Crippen LogP contribution in [0.2, 0.25) is 0 Å². The minimum Gasteiger partial charge on any atom is -0.346 e. The Morgan fingerprint density at radius 3 is 3.05 bits per heavy atom. The molecule has 3 aromatic rings. The number of nitrogens with one attached hydrogen (secondary N) is 1. The van der Waals surface area contributed by atoms with E-state index in [0.717, 1.165) is 18.5 Å². The van der Waals surface area contributed by atoms with Gasteiger partial charge in [-0.3, -0.25) is 0 Å². The predicted molar refractivity (Wildman–Crippen MR) is 67.9 cm³/mol. The van der Waals surface area contributed by atoms with E-state index in [4.69, 9.17) is 9.15 Å². The van der Waals surface area contributed by atoms with Crippen LogP contribution in [0.1, 0.15) is 24.2 Å². The van der Waals surface area contributed by atoms with Gasteiger partial charge in [0.2, 0.25) is 18.0 Å². The van der Waals surface area contributed by atoms with Gasteiger partial charge in [-0.05, 0) is 36.0 Å². The van der Waals surface area contributed by atoms with Crippen molar-refractivity contribution in [3.05, 3.63) is 17.8 Å². The summed E-state index contributed by atoms with van der Waals surface area (Å²) in [6.07, 6.45) is 5.56. The largest absolute Gasteiger partial charge is 0.346 e.